The summed E-state index contributed by atoms with van der Waals surface area (Å²) in [6.07, 6.45) is 1.68. The molecule has 0 saturated heterocycles. The van der Waals surface area contributed by atoms with Gasteiger partial charge in [0, 0.05) is 38.5 Å². The minimum Gasteiger partial charge on any atom is -0.466 e. The third-order valence-electron chi connectivity index (χ3n) is 2.65. The highest BCUT2D eigenvalue weighted by molar-refractivity contribution is 5.94. The van der Waals surface area contributed by atoms with E-state index in [1.807, 2.05) is 0 Å². The molecule has 1 aromatic heterocycles. The Morgan fingerprint density at radius 1 is 1.42 bits per heavy atom. The molecule has 0 aliphatic heterocycles. The molecule has 6 heteroatoms. The Hall–Kier alpha value is -2.11. The highest BCUT2D eigenvalue weighted by atomic mass is 16.5. The molecule has 104 valence electrons. The standard InChI is InChI=1S/C13H18N2O4/c1-4-19-12(17)6-8-15(3)13(18)10-5-7-14(2)11(16)9-10/h5,7,9H,4,6,8H2,1-3H3. The number of aryl methyl sites for hydroxylation is 1. The van der Waals surface area contributed by atoms with Crippen LogP contribution >= 0.6 is 0 Å². The highest BCUT2D eigenvalue weighted by Gasteiger charge is 2.14. The summed E-state index contributed by atoms with van der Waals surface area (Å²) in [6, 6.07) is 2.85. The maximum atomic E-state index is 12.0. The highest BCUT2D eigenvalue weighted by Crippen LogP contribution is 2.01. The molecule has 6 nitrogen and oxygen atoms in total. The van der Waals surface area contributed by atoms with Crippen LogP contribution in [0.5, 0.6) is 0 Å². The van der Waals surface area contributed by atoms with Crippen LogP contribution in [0.15, 0.2) is 23.1 Å². The van der Waals surface area contributed by atoms with Gasteiger partial charge < -0.3 is 14.2 Å². The lowest BCUT2D eigenvalue weighted by Gasteiger charge is -2.16. The van der Waals surface area contributed by atoms with Crippen LogP contribution in [0.2, 0.25) is 0 Å². The summed E-state index contributed by atoms with van der Waals surface area (Å²) < 4.78 is 6.17. The van der Waals surface area contributed by atoms with E-state index in [4.69, 9.17) is 4.74 Å². The van der Waals surface area contributed by atoms with Gasteiger partial charge in [0.25, 0.3) is 11.5 Å². The van der Waals surface area contributed by atoms with Crippen LogP contribution in [0.25, 0.3) is 0 Å². The predicted molar refractivity (Wildman–Crippen MR) is 69.9 cm³/mol. The minimum atomic E-state index is -0.342. The number of nitrogens with zero attached hydrogens (tertiary/aromatic N) is 2. The molecule has 0 saturated carbocycles. The number of carbonyl (C=O) groups excluding carboxylic acids is 2. The first-order chi connectivity index (χ1) is 8.95. The normalized spacial score (nSPS) is 10.1. The number of esters is 1. The van der Waals surface area contributed by atoms with E-state index in [1.54, 1.807) is 27.1 Å². The molecule has 1 aromatic rings. The monoisotopic (exact) mass is 266 g/mol. The van der Waals surface area contributed by atoms with Crippen molar-refractivity contribution in [3.8, 4) is 0 Å². The van der Waals surface area contributed by atoms with Crippen molar-refractivity contribution in [3.63, 3.8) is 0 Å². The van der Waals surface area contributed by atoms with Crippen molar-refractivity contribution < 1.29 is 14.3 Å². The van der Waals surface area contributed by atoms with E-state index in [9.17, 15) is 14.4 Å². The van der Waals surface area contributed by atoms with Crippen LogP contribution in [0.1, 0.15) is 23.7 Å². The Morgan fingerprint density at radius 3 is 2.68 bits per heavy atom. The van der Waals surface area contributed by atoms with E-state index in [1.165, 1.54) is 21.7 Å². The number of pyridine rings is 1. The van der Waals surface area contributed by atoms with Crippen LogP contribution < -0.4 is 5.56 Å². The maximum absolute atomic E-state index is 12.0. The number of ether oxygens (including phenoxy) is 1. The van der Waals surface area contributed by atoms with Crippen LogP contribution in [0.3, 0.4) is 0 Å². The molecule has 1 rings (SSSR count). The van der Waals surface area contributed by atoms with Gasteiger partial charge in [0.15, 0.2) is 0 Å². The smallest absolute Gasteiger partial charge is 0.307 e. The maximum Gasteiger partial charge on any atom is 0.307 e. The van der Waals surface area contributed by atoms with Crippen molar-refractivity contribution >= 4 is 11.9 Å². The molecule has 0 bridgehead atoms. The molecular weight excluding hydrogens is 248 g/mol. The first kappa shape index (κ1) is 14.9. The van der Waals surface area contributed by atoms with Gasteiger partial charge in [-0.05, 0) is 13.0 Å². The van der Waals surface area contributed by atoms with Crippen molar-refractivity contribution in [3.05, 3.63) is 34.2 Å². The Labute approximate surface area is 111 Å². The molecule has 0 N–H and O–H groups in total. The SMILES string of the molecule is CCOC(=O)CCN(C)C(=O)c1ccn(C)c(=O)c1. The lowest BCUT2D eigenvalue weighted by Crippen LogP contribution is -2.30. The van der Waals surface area contributed by atoms with Crippen LogP contribution in [0.4, 0.5) is 0 Å². The lowest BCUT2D eigenvalue weighted by molar-refractivity contribution is -0.143. The quantitative estimate of drug-likeness (QED) is 0.724. The van der Waals surface area contributed by atoms with Gasteiger partial charge in [0.2, 0.25) is 0 Å². The average molecular weight is 266 g/mol. The molecule has 0 aromatic carbocycles. The van der Waals surface area contributed by atoms with Gasteiger partial charge in [-0.25, -0.2) is 0 Å². The largest absolute Gasteiger partial charge is 0.466 e. The van der Waals surface area contributed by atoms with Crippen molar-refractivity contribution in [2.45, 2.75) is 13.3 Å². The zero-order chi connectivity index (χ0) is 14.4. The van der Waals surface area contributed by atoms with Gasteiger partial charge in [-0.3, -0.25) is 14.4 Å². The molecule has 0 atom stereocenters. The summed E-state index contributed by atoms with van der Waals surface area (Å²) in [5.74, 6) is -0.631. The number of aromatic nitrogens is 1. The third kappa shape index (κ3) is 4.24. The number of hydrogen-bond donors (Lipinski definition) is 0. The van der Waals surface area contributed by atoms with Gasteiger partial charge in [0.05, 0.1) is 13.0 Å². The summed E-state index contributed by atoms with van der Waals surface area (Å²) in [5.41, 5.74) is 0.0686. The number of carbonyl (C=O) groups is 2. The second-order valence-electron chi connectivity index (χ2n) is 4.15. The van der Waals surface area contributed by atoms with Crippen LogP contribution in [-0.4, -0.2) is 41.5 Å². The van der Waals surface area contributed by atoms with E-state index in [2.05, 4.69) is 0 Å². The molecule has 0 spiro atoms. The second-order valence-corrected chi connectivity index (χ2v) is 4.15. The van der Waals surface area contributed by atoms with E-state index >= 15 is 0 Å². The number of hydrogen-bond acceptors (Lipinski definition) is 4. The van der Waals surface area contributed by atoms with Crippen molar-refractivity contribution in [1.29, 1.82) is 0 Å². The first-order valence-corrected chi connectivity index (χ1v) is 6.03. The molecular formula is C13H18N2O4. The van der Waals surface area contributed by atoms with E-state index in [0.717, 1.165) is 0 Å². The summed E-state index contributed by atoms with van der Waals surface area (Å²) in [7, 11) is 3.19. The predicted octanol–water partition coefficient (Wildman–Crippen LogP) is 0.411. The van der Waals surface area contributed by atoms with Crippen molar-refractivity contribution in [2.75, 3.05) is 20.2 Å². The Balaban J connectivity index is 2.64. The fourth-order valence-corrected chi connectivity index (χ4v) is 1.50. The lowest BCUT2D eigenvalue weighted by atomic mass is 10.2. The van der Waals surface area contributed by atoms with Gasteiger partial charge in [-0.1, -0.05) is 0 Å². The van der Waals surface area contributed by atoms with Gasteiger partial charge >= 0.3 is 5.97 Å². The molecule has 0 radical (unpaired) electrons. The molecule has 0 fully saturated rings. The Kier molecular flexibility index (Phi) is 5.29. The molecule has 0 aliphatic rings. The summed E-state index contributed by atoms with van der Waals surface area (Å²) in [5, 5.41) is 0. The van der Waals surface area contributed by atoms with Crippen molar-refractivity contribution in [2.24, 2.45) is 7.05 Å². The summed E-state index contributed by atoms with van der Waals surface area (Å²) >= 11 is 0. The first-order valence-electron chi connectivity index (χ1n) is 6.03. The van der Waals surface area contributed by atoms with E-state index in [-0.39, 0.29) is 30.4 Å². The molecule has 1 amide bonds. The third-order valence-corrected chi connectivity index (χ3v) is 2.65. The van der Waals surface area contributed by atoms with Crippen LogP contribution in [-0.2, 0) is 16.6 Å². The van der Waals surface area contributed by atoms with Crippen LogP contribution in [0, 0.1) is 0 Å². The Morgan fingerprint density at radius 2 is 2.11 bits per heavy atom. The van der Waals surface area contributed by atoms with Gasteiger partial charge in [-0.2, -0.15) is 0 Å². The number of amides is 1. The van der Waals surface area contributed by atoms with Gasteiger partial charge in [0.1, 0.15) is 0 Å². The molecule has 0 aliphatic carbocycles. The summed E-state index contributed by atoms with van der Waals surface area (Å²) in [6.45, 7) is 2.31. The summed E-state index contributed by atoms with van der Waals surface area (Å²) in [4.78, 5) is 36.0. The fraction of sp³-hybridized carbons (Fsp3) is 0.462. The Bertz CT molecular complexity index is 522. The minimum absolute atomic E-state index is 0.140. The van der Waals surface area contributed by atoms with E-state index < -0.39 is 0 Å². The van der Waals surface area contributed by atoms with Crippen molar-refractivity contribution in [1.82, 2.24) is 9.47 Å². The van der Waals surface area contributed by atoms with Gasteiger partial charge in [-0.15, -0.1) is 0 Å². The molecule has 1 heterocycles. The zero-order valence-electron chi connectivity index (χ0n) is 11.4. The second kappa shape index (κ2) is 6.72. The molecule has 19 heavy (non-hydrogen) atoms. The fourth-order valence-electron chi connectivity index (χ4n) is 1.50. The molecule has 0 unspecified atom stereocenters. The van der Waals surface area contributed by atoms with E-state index in [0.29, 0.717) is 12.2 Å². The zero-order valence-corrected chi connectivity index (χ0v) is 11.4. The average Bonchev–Trinajstić information content (AvgIpc) is 2.38. The number of rotatable bonds is 5. The topological polar surface area (TPSA) is 68.6 Å².